The van der Waals surface area contributed by atoms with E-state index in [1.807, 2.05) is 48.7 Å². The Morgan fingerprint density at radius 1 is 1.20 bits per heavy atom. The Balaban J connectivity index is 1.81. The third-order valence-corrected chi connectivity index (χ3v) is 3.90. The molecule has 25 heavy (non-hydrogen) atoms. The molecule has 3 N–H and O–H groups in total. The van der Waals surface area contributed by atoms with Gasteiger partial charge in [-0.25, -0.2) is 4.68 Å². The lowest BCUT2D eigenvalue weighted by atomic mass is 10.1. The quantitative estimate of drug-likeness (QED) is 0.723. The van der Waals surface area contributed by atoms with Gasteiger partial charge in [0, 0.05) is 30.4 Å². The zero-order chi connectivity index (χ0) is 17.6. The lowest BCUT2D eigenvalue weighted by Crippen LogP contribution is -2.24. The smallest absolute Gasteiger partial charge is 0.253 e. The van der Waals surface area contributed by atoms with Gasteiger partial charge in [-0.1, -0.05) is 30.3 Å². The van der Waals surface area contributed by atoms with Crippen molar-refractivity contribution >= 4 is 5.91 Å². The summed E-state index contributed by atoms with van der Waals surface area (Å²) in [5.41, 5.74) is 8.71. The molecule has 6 nitrogen and oxygen atoms in total. The summed E-state index contributed by atoms with van der Waals surface area (Å²) in [6.07, 6.45) is 3.52. The molecule has 3 rings (SSSR count). The van der Waals surface area contributed by atoms with Crippen molar-refractivity contribution in [2.24, 2.45) is 5.73 Å². The van der Waals surface area contributed by atoms with Crippen LogP contribution in [0, 0.1) is 0 Å². The van der Waals surface area contributed by atoms with E-state index in [-0.39, 0.29) is 5.91 Å². The molecule has 0 radical (unpaired) electrons. The molecule has 3 aromatic rings. The van der Waals surface area contributed by atoms with Gasteiger partial charge in [0.2, 0.25) is 0 Å². The Morgan fingerprint density at radius 3 is 2.72 bits per heavy atom. The fraction of sp³-hybridized carbons (Fsp3) is 0.158. The zero-order valence-electron chi connectivity index (χ0n) is 14.0. The summed E-state index contributed by atoms with van der Waals surface area (Å²) in [5, 5.41) is 7.22. The van der Waals surface area contributed by atoms with E-state index in [9.17, 15) is 4.79 Å². The number of para-hydroxylation sites is 2. The molecule has 1 heterocycles. The van der Waals surface area contributed by atoms with Gasteiger partial charge in [0.15, 0.2) is 0 Å². The highest BCUT2D eigenvalue weighted by Crippen LogP contribution is 2.18. The van der Waals surface area contributed by atoms with E-state index in [0.717, 1.165) is 16.9 Å². The minimum Gasteiger partial charge on any atom is -0.496 e. The van der Waals surface area contributed by atoms with Crippen LogP contribution in [0.3, 0.4) is 0 Å². The molecule has 0 aliphatic rings. The zero-order valence-corrected chi connectivity index (χ0v) is 14.0. The Labute approximate surface area is 146 Å². The summed E-state index contributed by atoms with van der Waals surface area (Å²) in [5.74, 6) is 0.571. The summed E-state index contributed by atoms with van der Waals surface area (Å²) in [6, 6.07) is 14.9. The number of aromatic nitrogens is 2. The predicted octanol–water partition coefficient (Wildman–Crippen LogP) is 2.27. The number of benzene rings is 2. The standard InChI is InChI=1S/C19H20N4O2/c1-25-18-9-5-2-6-15(18)12-21-19(24)16-7-3-4-8-17(16)23-13-14(10-20)11-22-23/h2-9,11,13H,10,12,20H2,1H3,(H,21,24). The topological polar surface area (TPSA) is 82.2 Å². The molecule has 0 aliphatic carbocycles. The Morgan fingerprint density at radius 2 is 1.96 bits per heavy atom. The van der Waals surface area contributed by atoms with Gasteiger partial charge in [-0.15, -0.1) is 0 Å². The lowest BCUT2D eigenvalue weighted by molar-refractivity contribution is 0.0950. The van der Waals surface area contributed by atoms with Crippen molar-refractivity contribution in [1.82, 2.24) is 15.1 Å². The molecule has 0 fully saturated rings. The molecule has 2 aromatic carbocycles. The number of nitrogens with one attached hydrogen (secondary N) is 1. The molecular weight excluding hydrogens is 316 g/mol. The van der Waals surface area contributed by atoms with E-state index < -0.39 is 0 Å². The van der Waals surface area contributed by atoms with Gasteiger partial charge >= 0.3 is 0 Å². The Bertz CT molecular complexity index is 873. The van der Waals surface area contributed by atoms with Crippen molar-refractivity contribution in [3.05, 3.63) is 77.6 Å². The van der Waals surface area contributed by atoms with E-state index >= 15 is 0 Å². The van der Waals surface area contributed by atoms with E-state index in [2.05, 4.69) is 10.4 Å². The number of carbonyl (C=O) groups excluding carboxylic acids is 1. The number of hydrogen-bond acceptors (Lipinski definition) is 4. The number of rotatable bonds is 6. The first-order chi connectivity index (χ1) is 12.2. The maximum absolute atomic E-state index is 12.7. The van der Waals surface area contributed by atoms with Crippen molar-refractivity contribution in [3.8, 4) is 11.4 Å². The largest absolute Gasteiger partial charge is 0.496 e. The van der Waals surface area contributed by atoms with Crippen LogP contribution in [0.15, 0.2) is 60.9 Å². The number of nitrogens with two attached hydrogens (primary N) is 1. The predicted molar refractivity (Wildman–Crippen MR) is 95.6 cm³/mol. The Hall–Kier alpha value is -3.12. The molecule has 1 aromatic heterocycles. The first-order valence-corrected chi connectivity index (χ1v) is 7.96. The lowest BCUT2D eigenvalue weighted by Gasteiger charge is -2.12. The first-order valence-electron chi connectivity index (χ1n) is 7.96. The van der Waals surface area contributed by atoms with Gasteiger partial charge in [0.05, 0.1) is 24.6 Å². The Kier molecular flexibility index (Phi) is 5.11. The monoisotopic (exact) mass is 336 g/mol. The first kappa shape index (κ1) is 16.7. The molecule has 0 unspecified atom stereocenters. The molecule has 0 aliphatic heterocycles. The number of methoxy groups -OCH3 is 1. The molecule has 0 saturated heterocycles. The molecular formula is C19H20N4O2. The van der Waals surface area contributed by atoms with Crippen LogP contribution in [0.1, 0.15) is 21.5 Å². The number of nitrogens with zero attached hydrogens (tertiary/aromatic N) is 2. The number of amides is 1. The second-order valence-electron chi connectivity index (χ2n) is 5.51. The van der Waals surface area contributed by atoms with Gasteiger partial charge in [-0.3, -0.25) is 4.79 Å². The van der Waals surface area contributed by atoms with E-state index in [0.29, 0.717) is 24.3 Å². The maximum atomic E-state index is 12.7. The maximum Gasteiger partial charge on any atom is 0.253 e. The van der Waals surface area contributed by atoms with Crippen LogP contribution in [-0.4, -0.2) is 22.8 Å². The highest BCUT2D eigenvalue weighted by Gasteiger charge is 2.13. The third kappa shape index (κ3) is 3.70. The second kappa shape index (κ2) is 7.63. The summed E-state index contributed by atoms with van der Waals surface area (Å²) in [7, 11) is 1.61. The van der Waals surface area contributed by atoms with Crippen LogP contribution in [0.5, 0.6) is 5.75 Å². The molecule has 128 valence electrons. The highest BCUT2D eigenvalue weighted by atomic mass is 16.5. The van der Waals surface area contributed by atoms with Crippen molar-refractivity contribution < 1.29 is 9.53 Å². The van der Waals surface area contributed by atoms with Gasteiger partial charge in [0.1, 0.15) is 5.75 Å². The average molecular weight is 336 g/mol. The van der Waals surface area contributed by atoms with Gasteiger partial charge in [-0.2, -0.15) is 5.10 Å². The van der Waals surface area contributed by atoms with Crippen LogP contribution in [-0.2, 0) is 13.1 Å². The van der Waals surface area contributed by atoms with E-state index in [4.69, 9.17) is 10.5 Å². The minimum absolute atomic E-state index is 0.175. The fourth-order valence-corrected chi connectivity index (χ4v) is 2.58. The van der Waals surface area contributed by atoms with Crippen molar-refractivity contribution in [1.29, 1.82) is 0 Å². The minimum atomic E-state index is -0.175. The van der Waals surface area contributed by atoms with Crippen LogP contribution < -0.4 is 15.8 Å². The van der Waals surface area contributed by atoms with Crippen LogP contribution in [0.4, 0.5) is 0 Å². The molecule has 0 spiro atoms. The van der Waals surface area contributed by atoms with Crippen LogP contribution in [0.2, 0.25) is 0 Å². The normalized spacial score (nSPS) is 10.5. The van der Waals surface area contributed by atoms with Crippen molar-refractivity contribution in [3.63, 3.8) is 0 Å². The van der Waals surface area contributed by atoms with E-state index in [1.165, 1.54) is 0 Å². The van der Waals surface area contributed by atoms with Gasteiger partial charge in [0.25, 0.3) is 5.91 Å². The fourth-order valence-electron chi connectivity index (χ4n) is 2.58. The highest BCUT2D eigenvalue weighted by molar-refractivity contribution is 5.97. The number of ether oxygens (including phenoxy) is 1. The average Bonchev–Trinajstić information content (AvgIpc) is 3.15. The third-order valence-electron chi connectivity index (χ3n) is 3.90. The van der Waals surface area contributed by atoms with Crippen LogP contribution >= 0.6 is 0 Å². The SMILES string of the molecule is COc1ccccc1CNC(=O)c1ccccc1-n1cc(CN)cn1. The number of hydrogen-bond donors (Lipinski definition) is 2. The molecule has 0 saturated carbocycles. The van der Waals surface area contributed by atoms with Crippen LogP contribution in [0.25, 0.3) is 5.69 Å². The number of carbonyl (C=O) groups is 1. The molecule has 6 heteroatoms. The van der Waals surface area contributed by atoms with Gasteiger partial charge in [-0.05, 0) is 18.2 Å². The van der Waals surface area contributed by atoms with Crippen molar-refractivity contribution in [2.45, 2.75) is 13.1 Å². The summed E-state index contributed by atoms with van der Waals surface area (Å²) >= 11 is 0. The summed E-state index contributed by atoms with van der Waals surface area (Å²) < 4.78 is 6.98. The molecule has 0 atom stereocenters. The second-order valence-corrected chi connectivity index (χ2v) is 5.51. The van der Waals surface area contributed by atoms with Gasteiger partial charge < -0.3 is 15.8 Å². The summed E-state index contributed by atoms with van der Waals surface area (Å²) in [4.78, 5) is 12.7. The van der Waals surface area contributed by atoms with E-state index in [1.54, 1.807) is 24.1 Å². The molecule has 1 amide bonds. The molecule has 0 bridgehead atoms. The summed E-state index contributed by atoms with van der Waals surface area (Å²) in [6.45, 7) is 0.784. The van der Waals surface area contributed by atoms with Crippen molar-refractivity contribution in [2.75, 3.05) is 7.11 Å².